The first kappa shape index (κ1) is 15.5. The van der Waals surface area contributed by atoms with Crippen molar-refractivity contribution in [2.45, 2.75) is 33.2 Å². The molecule has 0 radical (unpaired) electrons. The molecule has 21 heavy (non-hydrogen) atoms. The van der Waals surface area contributed by atoms with E-state index in [-0.39, 0.29) is 11.9 Å². The molecule has 1 heterocycles. The van der Waals surface area contributed by atoms with Crippen molar-refractivity contribution in [3.63, 3.8) is 0 Å². The molecular formula is C16H23FN4. The molecular weight excluding hydrogens is 267 g/mol. The number of hydrogen-bond acceptors (Lipinski definition) is 3. The second kappa shape index (κ2) is 6.26. The third-order valence-corrected chi connectivity index (χ3v) is 3.53. The first-order valence-corrected chi connectivity index (χ1v) is 7.25. The van der Waals surface area contributed by atoms with Gasteiger partial charge in [-0.05, 0) is 45.4 Å². The van der Waals surface area contributed by atoms with Gasteiger partial charge in [0.25, 0.3) is 0 Å². The number of nitrogens with two attached hydrogens (primary N) is 1. The molecule has 5 heteroatoms. The summed E-state index contributed by atoms with van der Waals surface area (Å²) in [5, 5.41) is 4.51. The van der Waals surface area contributed by atoms with Crippen molar-refractivity contribution in [2.75, 3.05) is 11.4 Å². The maximum Gasteiger partial charge on any atom is 0.134 e. The highest BCUT2D eigenvalue weighted by Crippen LogP contribution is 2.31. The van der Waals surface area contributed by atoms with E-state index in [1.807, 2.05) is 38.6 Å². The van der Waals surface area contributed by atoms with E-state index in [0.717, 1.165) is 35.7 Å². The van der Waals surface area contributed by atoms with Gasteiger partial charge in [-0.25, -0.2) is 4.39 Å². The van der Waals surface area contributed by atoms with Gasteiger partial charge in [-0.3, -0.25) is 4.68 Å². The van der Waals surface area contributed by atoms with Crippen LogP contribution < -0.4 is 10.6 Å². The standard InChI is InChI=1S/C16H23FN4/c1-5-21(14-8-6-7-13(17)10-14)16-15(9-11(2)18)12(3)19-20(16)4/h6-8,10-11H,5,9,18H2,1-4H3. The van der Waals surface area contributed by atoms with Crippen molar-refractivity contribution in [3.8, 4) is 0 Å². The summed E-state index contributed by atoms with van der Waals surface area (Å²) in [6, 6.07) is 6.68. The maximum absolute atomic E-state index is 13.5. The van der Waals surface area contributed by atoms with Gasteiger partial charge in [-0.15, -0.1) is 0 Å². The second-order valence-electron chi connectivity index (χ2n) is 5.42. The Labute approximate surface area is 125 Å². The molecule has 1 atom stereocenters. The molecule has 4 nitrogen and oxygen atoms in total. The number of nitrogens with zero attached hydrogens (tertiary/aromatic N) is 3. The summed E-state index contributed by atoms with van der Waals surface area (Å²) in [6.07, 6.45) is 0.751. The quantitative estimate of drug-likeness (QED) is 0.921. The van der Waals surface area contributed by atoms with Crippen LogP contribution in [0.2, 0.25) is 0 Å². The summed E-state index contributed by atoms with van der Waals surface area (Å²) in [7, 11) is 1.91. The summed E-state index contributed by atoms with van der Waals surface area (Å²) in [5.41, 5.74) is 8.88. The molecule has 0 saturated carbocycles. The Kier molecular flexibility index (Phi) is 4.63. The lowest BCUT2D eigenvalue weighted by Crippen LogP contribution is -2.23. The van der Waals surface area contributed by atoms with Gasteiger partial charge < -0.3 is 10.6 Å². The molecule has 0 aliphatic heterocycles. The fourth-order valence-corrected chi connectivity index (χ4v) is 2.69. The van der Waals surface area contributed by atoms with E-state index >= 15 is 0 Å². The average Bonchev–Trinajstić information content (AvgIpc) is 2.66. The molecule has 2 N–H and O–H groups in total. The van der Waals surface area contributed by atoms with Crippen LogP contribution in [0.1, 0.15) is 25.1 Å². The third-order valence-electron chi connectivity index (χ3n) is 3.53. The molecule has 0 amide bonds. The van der Waals surface area contributed by atoms with E-state index in [0.29, 0.717) is 0 Å². The Morgan fingerprint density at radius 2 is 2.14 bits per heavy atom. The minimum Gasteiger partial charge on any atom is -0.328 e. The predicted octanol–water partition coefficient (Wildman–Crippen LogP) is 2.92. The average molecular weight is 290 g/mol. The van der Waals surface area contributed by atoms with Crippen molar-refractivity contribution in [2.24, 2.45) is 12.8 Å². The van der Waals surface area contributed by atoms with Crippen molar-refractivity contribution in [1.82, 2.24) is 9.78 Å². The zero-order chi connectivity index (χ0) is 15.6. The van der Waals surface area contributed by atoms with Crippen LogP contribution in [0, 0.1) is 12.7 Å². The molecule has 0 fully saturated rings. The molecule has 1 unspecified atom stereocenters. The van der Waals surface area contributed by atoms with Gasteiger partial charge >= 0.3 is 0 Å². The summed E-state index contributed by atoms with van der Waals surface area (Å²) in [5.74, 6) is 0.747. The Bertz CT molecular complexity index is 619. The highest BCUT2D eigenvalue weighted by molar-refractivity contribution is 5.64. The lowest BCUT2D eigenvalue weighted by atomic mass is 10.1. The number of rotatable bonds is 5. The topological polar surface area (TPSA) is 47.1 Å². The van der Waals surface area contributed by atoms with E-state index < -0.39 is 0 Å². The van der Waals surface area contributed by atoms with Crippen LogP contribution in [0.5, 0.6) is 0 Å². The Hall–Kier alpha value is -1.88. The highest BCUT2D eigenvalue weighted by atomic mass is 19.1. The van der Waals surface area contributed by atoms with E-state index in [4.69, 9.17) is 5.73 Å². The minimum atomic E-state index is -0.237. The van der Waals surface area contributed by atoms with E-state index in [2.05, 4.69) is 10.00 Å². The van der Waals surface area contributed by atoms with Crippen LogP contribution in [0.25, 0.3) is 0 Å². The van der Waals surface area contributed by atoms with Gasteiger partial charge in [0.05, 0.1) is 5.69 Å². The summed E-state index contributed by atoms with van der Waals surface area (Å²) < 4.78 is 15.4. The molecule has 0 bridgehead atoms. The molecule has 114 valence electrons. The van der Waals surface area contributed by atoms with Crippen LogP contribution in [-0.2, 0) is 13.5 Å². The molecule has 1 aromatic heterocycles. The first-order chi connectivity index (χ1) is 9.93. The van der Waals surface area contributed by atoms with Gasteiger partial charge in [-0.1, -0.05) is 6.07 Å². The molecule has 0 saturated heterocycles. The first-order valence-electron chi connectivity index (χ1n) is 7.25. The van der Waals surface area contributed by atoms with Gasteiger partial charge in [0.2, 0.25) is 0 Å². The van der Waals surface area contributed by atoms with Crippen LogP contribution in [0.4, 0.5) is 15.9 Å². The third kappa shape index (κ3) is 3.24. The number of hydrogen-bond donors (Lipinski definition) is 1. The highest BCUT2D eigenvalue weighted by Gasteiger charge is 2.20. The zero-order valence-corrected chi connectivity index (χ0v) is 13.1. The van der Waals surface area contributed by atoms with Gasteiger partial charge in [0, 0.05) is 30.9 Å². The number of aromatic nitrogens is 2. The van der Waals surface area contributed by atoms with Crippen LogP contribution in [0.15, 0.2) is 24.3 Å². The lowest BCUT2D eigenvalue weighted by molar-refractivity contribution is 0.627. The van der Waals surface area contributed by atoms with Crippen LogP contribution >= 0.6 is 0 Å². The smallest absolute Gasteiger partial charge is 0.134 e. The van der Waals surface area contributed by atoms with Gasteiger partial charge in [0.1, 0.15) is 11.6 Å². The largest absolute Gasteiger partial charge is 0.328 e. The molecule has 2 rings (SSSR count). The SMILES string of the molecule is CCN(c1cccc(F)c1)c1c(CC(C)N)c(C)nn1C. The van der Waals surface area contributed by atoms with Crippen LogP contribution in [0.3, 0.4) is 0 Å². The fraction of sp³-hybridized carbons (Fsp3) is 0.438. The van der Waals surface area contributed by atoms with Gasteiger partial charge in [-0.2, -0.15) is 5.10 Å². The monoisotopic (exact) mass is 290 g/mol. The predicted molar refractivity (Wildman–Crippen MR) is 84.4 cm³/mol. The van der Waals surface area contributed by atoms with Gasteiger partial charge in [0.15, 0.2) is 0 Å². The molecule has 0 aliphatic rings. The normalized spacial score (nSPS) is 12.5. The van der Waals surface area contributed by atoms with E-state index in [9.17, 15) is 4.39 Å². The van der Waals surface area contributed by atoms with Crippen LogP contribution in [-0.4, -0.2) is 22.4 Å². The fourth-order valence-electron chi connectivity index (χ4n) is 2.69. The maximum atomic E-state index is 13.5. The Morgan fingerprint density at radius 3 is 2.71 bits per heavy atom. The number of anilines is 2. The van der Waals surface area contributed by atoms with E-state index in [1.165, 1.54) is 6.07 Å². The Balaban J connectivity index is 2.52. The zero-order valence-electron chi connectivity index (χ0n) is 13.1. The van der Waals surface area contributed by atoms with Crippen molar-refractivity contribution in [1.29, 1.82) is 0 Å². The Morgan fingerprint density at radius 1 is 1.43 bits per heavy atom. The van der Waals surface area contributed by atoms with Crippen molar-refractivity contribution >= 4 is 11.5 Å². The molecule has 1 aromatic carbocycles. The molecule has 0 aliphatic carbocycles. The van der Waals surface area contributed by atoms with E-state index in [1.54, 1.807) is 12.1 Å². The summed E-state index contributed by atoms with van der Waals surface area (Å²) in [6.45, 7) is 6.74. The minimum absolute atomic E-state index is 0.0536. The summed E-state index contributed by atoms with van der Waals surface area (Å²) >= 11 is 0. The van der Waals surface area contributed by atoms with Crippen molar-refractivity contribution in [3.05, 3.63) is 41.3 Å². The summed E-state index contributed by atoms with van der Waals surface area (Å²) in [4.78, 5) is 2.07. The molecule has 0 spiro atoms. The lowest BCUT2D eigenvalue weighted by Gasteiger charge is -2.25. The van der Waals surface area contributed by atoms with Crippen molar-refractivity contribution < 1.29 is 4.39 Å². The number of aryl methyl sites for hydroxylation is 2. The molecule has 2 aromatic rings. The number of halogens is 1. The second-order valence-corrected chi connectivity index (χ2v) is 5.42. The number of benzene rings is 1.